The van der Waals surface area contributed by atoms with Crippen LogP contribution in [-0.4, -0.2) is 31.9 Å². The van der Waals surface area contributed by atoms with Gasteiger partial charge in [-0.2, -0.15) is 5.10 Å². The van der Waals surface area contributed by atoms with E-state index in [0.717, 1.165) is 48.3 Å². The molecule has 2 aromatic heterocycles. The van der Waals surface area contributed by atoms with Crippen molar-refractivity contribution in [1.29, 1.82) is 0 Å². The molecule has 1 atom stereocenters. The number of rotatable bonds is 8. The number of aryl methyl sites for hydroxylation is 2. The second kappa shape index (κ2) is 7.41. The topological polar surface area (TPSA) is 62.5 Å². The van der Waals surface area contributed by atoms with Crippen molar-refractivity contribution in [2.24, 2.45) is 0 Å². The summed E-state index contributed by atoms with van der Waals surface area (Å²) in [5.41, 5.74) is 3.45. The Morgan fingerprint density at radius 3 is 2.52 bits per heavy atom. The van der Waals surface area contributed by atoms with E-state index < -0.39 is 5.60 Å². The van der Waals surface area contributed by atoms with E-state index in [1.54, 1.807) is 0 Å². The van der Waals surface area contributed by atoms with Gasteiger partial charge in [-0.25, -0.2) is 9.50 Å². The molecule has 0 aliphatic carbocycles. The van der Waals surface area contributed by atoms with Crippen molar-refractivity contribution in [3.63, 3.8) is 0 Å². The molecule has 0 fully saturated rings. The molecule has 0 spiro atoms. The van der Waals surface area contributed by atoms with Crippen LogP contribution in [0.25, 0.3) is 5.65 Å². The Balaban J connectivity index is 2.14. The number of fused-ring (bicyclic) bond motifs is 1. The summed E-state index contributed by atoms with van der Waals surface area (Å²) in [6.07, 6.45) is 5.56. The van der Waals surface area contributed by atoms with Crippen molar-refractivity contribution in [1.82, 2.24) is 19.9 Å². The highest BCUT2D eigenvalue weighted by Crippen LogP contribution is 2.22. The molecule has 2 aromatic rings. The molecule has 5 heteroatoms. The van der Waals surface area contributed by atoms with Crippen LogP contribution in [0.2, 0.25) is 0 Å². The Labute approximate surface area is 139 Å². The smallest absolute Gasteiger partial charge is 0.155 e. The van der Waals surface area contributed by atoms with E-state index in [4.69, 9.17) is 0 Å². The number of hydrogen-bond donors (Lipinski definition) is 2. The molecule has 2 rings (SSSR count). The van der Waals surface area contributed by atoms with E-state index in [1.165, 1.54) is 0 Å². The van der Waals surface area contributed by atoms with Crippen LogP contribution >= 0.6 is 0 Å². The summed E-state index contributed by atoms with van der Waals surface area (Å²) >= 11 is 0. The van der Waals surface area contributed by atoms with Crippen LogP contribution < -0.4 is 5.32 Å². The monoisotopic (exact) mass is 318 g/mol. The molecular formula is C18H30N4O. The molecule has 0 aliphatic rings. The van der Waals surface area contributed by atoms with Crippen molar-refractivity contribution in [2.75, 3.05) is 6.54 Å². The van der Waals surface area contributed by atoms with Gasteiger partial charge >= 0.3 is 0 Å². The molecule has 2 N–H and O–H groups in total. The maximum absolute atomic E-state index is 10.8. The Morgan fingerprint density at radius 1 is 1.26 bits per heavy atom. The van der Waals surface area contributed by atoms with Crippen molar-refractivity contribution in [3.05, 3.63) is 29.2 Å². The van der Waals surface area contributed by atoms with Crippen LogP contribution in [0.1, 0.15) is 69.4 Å². The van der Waals surface area contributed by atoms with Gasteiger partial charge in [0.1, 0.15) is 0 Å². The molecule has 23 heavy (non-hydrogen) atoms. The molecule has 0 aliphatic heterocycles. The lowest BCUT2D eigenvalue weighted by atomic mass is 9.92. The highest BCUT2D eigenvalue weighted by atomic mass is 16.3. The number of aromatic nitrogens is 3. The fourth-order valence-electron chi connectivity index (χ4n) is 3.29. The van der Waals surface area contributed by atoms with E-state index >= 15 is 0 Å². The summed E-state index contributed by atoms with van der Waals surface area (Å²) in [6.45, 7) is 11.0. The molecule has 0 aromatic carbocycles. The molecule has 128 valence electrons. The summed E-state index contributed by atoms with van der Waals surface area (Å²) in [7, 11) is 0. The van der Waals surface area contributed by atoms with Gasteiger partial charge in [-0.05, 0) is 33.6 Å². The summed E-state index contributed by atoms with van der Waals surface area (Å²) in [6, 6.07) is 2.10. The molecule has 1 unspecified atom stereocenters. The quantitative estimate of drug-likeness (QED) is 0.784. The molecule has 5 nitrogen and oxygen atoms in total. The number of nitrogens with zero attached hydrogens (tertiary/aromatic N) is 3. The summed E-state index contributed by atoms with van der Waals surface area (Å²) in [4.78, 5) is 4.50. The Morgan fingerprint density at radius 2 is 1.91 bits per heavy atom. The predicted octanol–water partition coefficient (Wildman–Crippen LogP) is 3.33. The van der Waals surface area contributed by atoms with E-state index in [0.29, 0.717) is 6.54 Å². The average molecular weight is 318 g/mol. The Hall–Kier alpha value is -1.46. The van der Waals surface area contributed by atoms with E-state index in [2.05, 4.69) is 43.1 Å². The molecule has 0 saturated carbocycles. The van der Waals surface area contributed by atoms with Gasteiger partial charge in [-0.3, -0.25) is 0 Å². The first-order valence-corrected chi connectivity index (χ1v) is 8.68. The van der Waals surface area contributed by atoms with Gasteiger partial charge in [0, 0.05) is 36.1 Å². The zero-order valence-electron chi connectivity index (χ0n) is 15.1. The number of hydrogen-bond acceptors (Lipinski definition) is 4. The average Bonchev–Trinajstić information content (AvgIpc) is 2.87. The van der Waals surface area contributed by atoms with Crippen LogP contribution in [0.5, 0.6) is 0 Å². The van der Waals surface area contributed by atoms with Gasteiger partial charge in [0.05, 0.1) is 11.3 Å². The SMILES string of the molecule is CCCC(O)(CCC)CNC(C)c1cnc2cc(C)nn2c1C. The summed E-state index contributed by atoms with van der Waals surface area (Å²) < 4.78 is 1.90. The molecule has 0 amide bonds. The minimum atomic E-state index is -0.620. The van der Waals surface area contributed by atoms with Gasteiger partial charge in [-0.15, -0.1) is 0 Å². The highest BCUT2D eigenvalue weighted by Gasteiger charge is 2.25. The number of nitrogens with one attached hydrogen (secondary N) is 1. The first kappa shape index (κ1) is 17.9. The van der Waals surface area contributed by atoms with Gasteiger partial charge in [-0.1, -0.05) is 26.7 Å². The Bertz CT molecular complexity index is 644. The lowest BCUT2D eigenvalue weighted by Crippen LogP contribution is -2.41. The second-order valence-corrected chi connectivity index (χ2v) is 6.68. The van der Waals surface area contributed by atoms with Crippen LogP contribution in [0.3, 0.4) is 0 Å². The normalized spacial score (nSPS) is 13.7. The largest absolute Gasteiger partial charge is 0.389 e. The highest BCUT2D eigenvalue weighted by molar-refractivity contribution is 5.42. The minimum Gasteiger partial charge on any atom is -0.389 e. The van der Waals surface area contributed by atoms with Gasteiger partial charge in [0.2, 0.25) is 0 Å². The number of aliphatic hydroxyl groups is 1. The van der Waals surface area contributed by atoms with Crippen LogP contribution in [0, 0.1) is 13.8 Å². The zero-order valence-corrected chi connectivity index (χ0v) is 15.1. The molecule has 0 saturated heterocycles. The van der Waals surface area contributed by atoms with E-state index in [-0.39, 0.29) is 6.04 Å². The van der Waals surface area contributed by atoms with Crippen molar-refractivity contribution >= 4 is 5.65 Å². The molecular weight excluding hydrogens is 288 g/mol. The minimum absolute atomic E-state index is 0.122. The third kappa shape index (κ3) is 4.09. The van der Waals surface area contributed by atoms with Crippen LogP contribution in [0.15, 0.2) is 12.3 Å². The molecule has 2 heterocycles. The van der Waals surface area contributed by atoms with Crippen LogP contribution in [-0.2, 0) is 0 Å². The first-order valence-electron chi connectivity index (χ1n) is 8.68. The van der Waals surface area contributed by atoms with Crippen molar-refractivity contribution < 1.29 is 5.11 Å². The fourth-order valence-corrected chi connectivity index (χ4v) is 3.29. The summed E-state index contributed by atoms with van der Waals surface area (Å²) in [5, 5.41) is 18.7. The van der Waals surface area contributed by atoms with Crippen molar-refractivity contribution in [2.45, 2.75) is 71.9 Å². The third-order valence-electron chi connectivity index (χ3n) is 4.52. The maximum atomic E-state index is 10.8. The van der Waals surface area contributed by atoms with E-state index in [9.17, 15) is 5.11 Å². The lowest BCUT2D eigenvalue weighted by Gasteiger charge is -2.30. The van der Waals surface area contributed by atoms with Gasteiger partial charge < -0.3 is 10.4 Å². The first-order chi connectivity index (χ1) is 10.9. The van der Waals surface area contributed by atoms with Crippen LogP contribution in [0.4, 0.5) is 0 Å². The van der Waals surface area contributed by atoms with Gasteiger partial charge in [0.25, 0.3) is 0 Å². The third-order valence-corrected chi connectivity index (χ3v) is 4.52. The standard InChI is InChI=1S/C18H30N4O/c1-6-8-18(23,9-7-2)12-20-14(4)16-11-19-17-10-13(3)21-22(17)15(16)5/h10-11,14,20,23H,6-9,12H2,1-5H3. The zero-order chi connectivity index (χ0) is 17.0. The molecule has 0 bridgehead atoms. The summed E-state index contributed by atoms with van der Waals surface area (Å²) in [5.74, 6) is 0. The maximum Gasteiger partial charge on any atom is 0.155 e. The molecule has 0 radical (unpaired) electrons. The second-order valence-electron chi connectivity index (χ2n) is 6.68. The van der Waals surface area contributed by atoms with E-state index in [1.807, 2.05) is 23.7 Å². The van der Waals surface area contributed by atoms with Gasteiger partial charge in [0.15, 0.2) is 5.65 Å². The van der Waals surface area contributed by atoms with Crippen molar-refractivity contribution in [3.8, 4) is 0 Å². The fraction of sp³-hybridized carbons (Fsp3) is 0.667. The predicted molar refractivity (Wildman–Crippen MR) is 93.6 cm³/mol. The Kier molecular flexibility index (Phi) is 5.76. The lowest BCUT2D eigenvalue weighted by molar-refractivity contribution is 0.0196.